The van der Waals surface area contributed by atoms with Gasteiger partial charge in [0.1, 0.15) is 11.8 Å². The minimum Gasteiger partial charge on any atom is -0.497 e. The Morgan fingerprint density at radius 1 is 1.03 bits per heavy atom. The van der Waals surface area contributed by atoms with Crippen LogP contribution >= 0.6 is 11.8 Å². The van der Waals surface area contributed by atoms with Crippen LogP contribution in [-0.2, 0) is 16.1 Å². The summed E-state index contributed by atoms with van der Waals surface area (Å²) in [6.45, 7) is 8.43. The first-order valence-corrected chi connectivity index (χ1v) is 12.3. The van der Waals surface area contributed by atoms with E-state index in [1.807, 2.05) is 45.0 Å². The third-order valence-corrected chi connectivity index (χ3v) is 6.52. The van der Waals surface area contributed by atoms with E-state index >= 15 is 0 Å². The molecule has 0 bridgehead atoms. The number of methoxy groups -OCH3 is 1. The maximum atomic E-state index is 13.3. The topological polar surface area (TPSA) is 58.6 Å². The second-order valence-corrected chi connectivity index (χ2v) is 9.19. The Bertz CT molecular complexity index is 852. The molecule has 2 aromatic rings. The number of thioether (sulfide) groups is 1. The molecule has 0 saturated carbocycles. The first-order chi connectivity index (χ1) is 15.4. The minimum atomic E-state index is -0.497. The van der Waals surface area contributed by atoms with Crippen molar-refractivity contribution in [1.29, 1.82) is 0 Å². The molecule has 0 heterocycles. The minimum absolute atomic E-state index is 0.00780. The van der Waals surface area contributed by atoms with E-state index in [0.717, 1.165) is 22.6 Å². The highest BCUT2D eigenvalue weighted by molar-refractivity contribution is 7.99. The number of nitrogens with one attached hydrogen (secondary N) is 1. The standard InChI is InChI=1S/C26H36N2O3S/c1-6-20(4)27-26(30)24(7-2)28(18-21-10-12-22(31-5)13-11-21)25(29)16-17-32-23-14-8-19(3)9-15-23/h8-15,20,24H,6-7,16-18H2,1-5H3,(H,27,30)/t20-,24-/m1/s1. The molecular weight excluding hydrogens is 420 g/mol. The van der Waals surface area contributed by atoms with Crippen LogP contribution in [0.3, 0.4) is 0 Å². The molecular formula is C26H36N2O3S. The van der Waals surface area contributed by atoms with Crippen LogP contribution in [0.2, 0.25) is 0 Å². The summed E-state index contributed by atoms with van der Waals surface area (Å²) < 4.78 is 5.24. The Balaban J connectivity index is 2.13. The van der Waals surface area contributed by atoms with E-state index in [9.17, 15) is 9.59 Å². The van der Waals surface area contributed by atoms with Gasteiger partial charge >= 0.3 is 0 Å². The summed E-state index contributed by atoms with van der Waals surface area (Å²) in [5.41, 5.74) is 2.19. The summed E-state index contributed by atoms with van der Waals surface area (Å²) in [5.74, 6) is 1.34. The Morgan fingerprint density at radius 3 is 2.25 bits per heavy atom. The lowest BCUT2D eigenvalue weighted by molar-refractivity contribution is -0.141. The van der Waals surface area contributed by atoms with E-state index < -0.39 is 6.04 Å². The van der Waals surface area contributed by atoms with Gasteiger partial charge in [0.15, 0.2) is 0 Å². The molecule has 0 radical (unpaired) electrons. The van der Waals surface area contributed by atoms with Crippen LogP contribution in [0, 0.1) is 6.92 Å². The number of carbonyl (C=O) groups is 2. The van der Waals surface area contributed by atoms with E-state index in [0.29, 0.717) is 25.1 Å². The predicted molar refractivity (Wildman–Crippen MR) is 132 cm³/mol. The fourth-order valence-corrected chi connectivity index (χ4v) is 4.16. The third kappa shape index (κ3) is 7.90. The van der Waals surface area contributed by atoms with Crippen LogP contribution in [0.4, 0.5) is 0 Å². The number of aryl methyl sites for hydroxylation is 1. The average molecular weight is 457 g/mol. The van der Waals surface area contributed by atoms with Crippen molar-refractivity contribution in [2.24, 2.45) is 0 Å². The summed E-state index contributed by atoms with van der Waals surface area (Å²) in [6, 6.07) is 15.5. The number of benzene rings is 2. The molecule has 0 spiro atoms. The molecule has 1 N–H and O–H groups in total. The molecule has 0 fully saturated rings. The lowest BCUT2D eigenvalue weighted by atomic mass is 10.1. The van der Waals surface area contributed by atoms with Crippen LogP contribution in [0.1, 0.15) is 51.2 Å². The highest BCUT2D eigenvalue weighted by Crippen LogP contribution is 2.21. The van der Waals surface area contributed by atoms with Gasteiger partial charge in [-0.2, -0.15) is 0 Å². The number of amides is 2. The Kier molecular flexibility index (Phi) is 10.6. The molecule has 0 saturated heterocycles. The van der Waals surface area contributed by atoms with Gasteiger partial charge in [-0.25, -0.2) is 0 Å². The van der Waals surface area contributed by atoms with E-state index in [4.69, 9.17) is 4.74 Å². The monoisotopic (exact) mass is 456 g/mol. The fourth-order valence-electron chi connectivity index (χ4n) is 3.32. The molecule has 2 amide bonds. The number of carbonyl (C=O) groups excluding carboxylic acids is 2. The smallest absolute Gasteiger partial charge is 0.243 e. The maximum Gasteiger partial charge on any atom is 0.243 e. The van der Waals surface area contributed by atoms with Gasteiger partial charge in [-0.3, -0.25) is 9.59 Å². The zero-order chi connectivity index (χ0) is 23.5. The van der Waals surface area contributed by atoms with Gasteiger partial charge in [-0.15, -0.1) is 11.8 Å². The van der Waals surface area contributed by atoms with Gasteiger partial charge < -0.3 is 15.0 Å². The van der Waals surface area contributed by atoms with Gasteiger partial charge in [-0.05, 0) is 56.5 Å². The van der Waals surface area contributed by atoms with Gasteiger partial charge in [0.05, 0.1) is 7.11 Å². The van der Waals surface area contributed by atoms with Crippen molar-refractivity contribution >= 4 is 23.6 Å². The first kappa shape index (κ1) is 25.8. The van der Waals surface area contributed by atoms with Crippen LogP contribution < -0.4 is 10.1 Å². The number of ether oxygens (including phenoxy) is 1. The summed E-state index contributed by atoms with van der Waals surface area (Å²) in [7, 11) is 1.63. The van der Waals surface area contributed by atoms with Crippen molar-refractivity contribution in [2.75, 3.05) is 12.9 Å². The van der Waals surface area contributed by atoms with Crippen molar-refractivity contribution in [1.82, 2.24) is 10.2 Å². The molecule has 2 rings (SSSR count). The Morgan fingerprint density at radius 2 is 1.69 bits per heavy atom. The van der Waals surface area contributed by atoms with Crippen LogP contribution in [-0.4, -0.2) is 41.7 Å². The predicted octanol–water partition coefficient (Wildman–Crippen LogP) is 5.21. The number of hydrogen-bond donors (Lipinski definition) is 1. The molecule has 174 valence electrons. The first-order valence-electron chi connectivity index (χ1n) is 11.3. The molecule has 2 aromatic carbocycles. The molecule has 32 heavy (non-hydrogen) atoms. The van der Waals surface area contributed by atoms with Crippen molar-refractivity contribution in [3.63, 3.8) is 0 Å². The van der Waals surface area contributed by atoms with Crippen LogP contribution in [0.5, 0.6) is 5.75 Å². The molecule has 6 heteroatoms. The highest BCUT2D eigenvalue weighted by atomic mass is 32.2. The zero-order valence-electron chi connectivity index (χ0n) is 19.9. The van der Waals surface area contributed by atoms with E-state index in [1.54, 1.807) is 23.8 Å². The van der Waals surface area contributed by atoms with Crippen molar-refractivity contribution < 1.29 is 14.3 Å². The van der Waals surface area contributed by atoms with Gasteiger partial charge in [0, 0.05) is 29.7 Å². The third-order valence-electron chi connectivity index (χ3n) is 5.50. The number of rotatable bonds is 12. The van der Waals surface area contributed by atoms with Crippen molar-refractivity contribution in [2.45, 2.75) is 70.5 Å². The summed E-state index contributed by atoms with van der Waals surface area (Å²) in [5, 5.41) is 3.05. The van der Waals surface area contributed by atoms with E-state index in [2.05, 4.69) is 36.5 Å². The summed E-state index contributed by atoms with van der Waals surface area (Å²) in [6.07, 6.45) is 1.79. The Labute approximate surface area is 196 Å². The van der Waals surface area contributed by atoms with Crippen LogP contribution in [0.25, 0.3) is 0 Å². The molecule has 0 aliphatic carbocycles. The SMILES string of the molecule is CC[C@@H](C)NC(=O)[C@@H](CC)N(Cc1ccc(OC)cc1)C(=O)CCSc1ccc(C)cc1. The number of hydrogen-bond acceptors (Lipinski definition) is 4. The summed E-state index contributed by atoms with van der Waals surface area (Å²) >= 11 is 1.66. The maximum absolute atomic E-state index is 13.3. The highest BCUT2D eigenvalue weighted by Gasteiger charge is 2.29. The molecule has 0 aliphatic rings. The quantitative estimate of drug-likeness (QED) is 0.446. The fraction of sp³-hybridized carbons (Fsp3) is 0.462. The molecule has 0 aromatic heterocycles. The molecule has 5 nitrogen and oxygen atoms in total. The normalized spacial score (nSPS) is 12.7. The van der Waals surface area contributed by atoms with Crippen molar-refractivity contribution in [3.05, 3.63) is 59.7 Å². The van der Waals surface area contributed by atoms with E-state index in [1.165, 1.54) is 5.56 Å². The molecule has 0 unspecified atom stereocenters. The molecule has 0 aliphatic heterocycles. The molecule has 2 atom stereocenters. The lowest BCUT2D eigenvalue weighted by Crippen LogP contribution is -2.50. The van der Waals surface area contributed by atoms with Crippen molar-refractivity contribution in [3.8, 4) is 5.75 Å². The van der Waals surface area contributed by atoms with Gasteiger partial charge in [0.25, 0.3) is 0 Å². The van der Waals surface area contributed by atoms with Gasteiger partial charge in [0.2, 0.25) is 11.8 Å². The second-order valence-electron chi connectivity index (χ2n) is 8.02. The van der Waals surface area contributed by atoms with E-state index in [-0.39, 0.29) is 17.9 Å². The summed E-state index contributed by atoms with van der Waals surface area (Å²) in [4.78, 5) is 29.1. The largest absolute Gasteiger partial charge is 0.497 e. The lowest BCUT2D eigenvalue weighted by Gasteiger charge is -2.31. The Hall–Kier alpha value is -2.47. The number of nitrogens with zero attached hydrogens (tertiary/aromatic N) is 1. The second kappa shape index (κ2) is 13.2. The zero-order valence-corrected chi connectivity index (χ0v) is 20.7. The average Bonchev–Trinajstić information content (AvgIpc) is 2.80. The van der Waals surface area contributed by atoms with Crippen LogP contribution in [0.15, 0.2) is 53.4 Å². The van der Waals surface area contributed by atoms with Gasteiger partial charge in [-0.1, -0.05) is 43.7 Å².